The number of ether oxygens (including phenoxy) is 2. The van der Waals surface area contributed by atoms with Crippen molar-refractivity contribution in [2.75, 3.05) is 13.2 Å². The van der Waals surface area contributed by atoms with Crippen molar-refractivity contribution in [2.45, 2.75) is 122 Å². The molecule has 0 bridgehead atoms. The van der Waals surface area contributed by atoms with E-state index in [1.165, 1.54) is 32.1 Å². The molecule has 1 heterocycles. The second kappa shape index (κ2) is 7.53. The smallest absolute Gasteiger partial charge is 0.192 e. The Morgan fingerprint density at radius 1 is 0.969 bits per heavy atom. The Hall–Kier alpha value is 0.0569. The van der Waals surface area contributed by atoms with Gasteiger partial charge in [0.15, 0.2) is 14.1 Å². The summed E-state index contributed by atoms with van der Waals surface area (Å²) in [5.74, 6) is 1.89. The van der Waals surface area contributed by atoms with Crippen molar-refractivity contribution >= 4 is 8.32 Å². The van der Waals surface area contributed by atoms with Crippen LogP contribution in [0.1, 0.15) is 86.0 Å². The second-order valence-corrected chi connectivity index (χ2v) is 18.8. The number of hydrogen-bond donors (Lipinski definition) is 1. The second-order valence-electron chi connectivity index (χ2n) is 14.0. The van der Waals surface area contributed by atoms with Crippen molar-refractivity contribution in [3.8, 4) is 0 Å². The maximum absolute atomic E-state index is 11.7. The van der Waals surface area contributed by atoms with Crippen LogP contribution in [0.5, 0.6) is 0 Å². The van der Waals surface area contributed by atoms with Crippen LogP contribution in [0.25, 0.3) is 0 Å². The molecule has 0 radical (unpaired) electrons. The summed E-state index contributed by atoms with van der Waals surface area (Å²) in [6, 6.07) is 0. The molecule has 0 aromatic carbocycles. The van der Waals surface area contributed by atoms with Crippen molar-refractivity contribution < 1.29 is 19.0 Å². The Morgan fingerprint density at radius 2 is 1.66 bits per heavy atom. The van der Waals surface area contributed by atoms with Crippen LogP contribution in [0.3, 0.4) is 0 Å². The van der Waals surface area contributed by atoms with Gasteiger partial charge in [0.1, 0.15) is 0 Å². The molecule has 32 heavy (non-hydrogen) atoms. The van der Waals surface area contributed by atoms with Crippen LogP contribution in [0.4, 0.5) is 0 Å². The Bertz CT molecular complexity index is 726. The third kappa shape index (κ3) is 3.27. The van der Waals surface area contributed by atoms with Crippen LogP contribution in [0.2, 0.25) is 18.1 Å². The van der Waals surface area contributed by atoms with Gasteiger partial charge in [-0.3, -0.25) is 0 Å². The van der Waals surface area contributed by atoms with Crippen LogP contribution >= 0.6 is 0 Å². The fourth-order valence-corrected chi connectivity index (χ4v) is 10.3. The molecule has 1 N–H and O–H groups in total. The highest BCUT2D eigenvalue weighted by atomic mass is 28.4. The van der Waals surface area contributed by atoms with E-state index in [0.29, 0.717) is 43.0 Å². The van der Waals surface area contributed by atoms with Crippen molar-refractivity contribution in [1.29, 1.82) is 0 Å². The third-order valence-electron chi connectivity index (χ3n) is 11.6. The van der Waals surface area contributed by atoms with E-state index in [2.05, 4.69) is 47.7 Å². The largest absolute Gasteiger partial charge is 0.414 e. The molecule has 4 nitrogen and oxygen atoms in total. The lowest BCUT2D eigenvalue weighted by atomic mass is 9.44. The summed E-state index contributed by atoms with van der Waals surface area (Å²) in [4.78, 5) is 0. The van der Waals surface area contributed by atoms with Crippen molar-refractivity contribution in [3.05, 3.63) is 0 Å². The molecular formula is C27H48O4Si. The molecule has 1 saturated heterocycles. The summed E-state index contributed by atoms with van der Waals surface area (Å²) >= 11 is 0. The fourth-order valence-electron chi connectivity index (χ4n) is 8.92. The molecule has 0 amide bonds. The zero-order chi connectivity index (χ0) is 23.2. The summed E-state index contributed by atoms with van der Waals surface area (Å²) in [5, 5.41) is 12.0. The molecule has 5 fully saturated rings. The molecule has 4 unspecified atom stereocenters. The van der Waals surface area contributed by atoms with Gasteiger partial charge in [0.25, 0.3) is 0 Å². The van der Waals surface area contributed by atoms with Crippen LogP contribution in [0.15, 0.2) is 0 Å². The van der Waals surface area contributed by atoms with Crippen LogP contribution in [-0.2, 0) is 13.9 Å². The molecule has 0 aromatic rings. The Balaban J connectivity index is 1.35. The lowest BCUT2D eigenvalue weighted by Crippen LogP contribution is -2.62. The number of hydrogen-bond acceptors (Lipinski definition) is 4. The molecule has 5 heteroatoms. The third-order valence-corrected chi connectivity index (χ3v) is 16.1. The monoisotopic (exact) mass is 464 g/mol. The maximum atomic E-state index is 11.7. The SMILES string of the molecule is CC(C)(C)[Si](C)(C)O[C@@H]1CC[C@]2(C)C3C(O)C[C@@]4(C)C(CCC45OCCO5)C3CC[C@@H]2C1. The minimum absolute atomic E-state index is 0.0457. The standard InChI is InChI=1S/C27H48O4Si/c1-24(2,3)32(6,7)31-19-10-12-25(4)18(16-19)8-9-20-21-11-13-27(29-14-15-30-27)26(21,5)17-22(28)23(20)25/h18-23,28H,8-17H2,1-7H3/t18-,19-,20?,21?,22?,23?,25+,26+/m1/s1. The highest BCUT2D eigenvalue weighted by Gasteiger charge is 2.69. The molecule has 0 aromatic heterocycles. The molecular weight excluding hydrogens is 416 g/mol. The van der Waals surface area contributed by atoms with Gasteiger partial charge < -0.3 is 19.0 Å². The summed E-state index contributed by atoms with van der Waals surface area (Å²) in [7, 11) is -1.74. The predicted octanol–water partition coefficient (Wildman–Crippen LogP) is 6.13. The number of fused-ring (bicyclic) bond motifs is 6. The molecule has 4 aliphatic carbocycles. The molecule has 5 aliphatic rings. The number of aliphatic hydroxyl groups excluding tert-OH is 1. The summed E-state index contributed by atoms with van der Waals surface area (Å²) in [6.45, 7) is 18.1. The van der Waals surface area contributed by atoms with Gasteiger partial charge in [-0.15, -0.1) is 0 Å². The van der Waals surface area contributed by atoms with Gasteiger partial charge in [-0.25, -0.2) is 0 Å². The lowest BCUT2D eigenvalue weighted by Gasteiger charge is -2.63. The van der Waals surface area contributed by atoms with E-state index >= 15 is 0 Å². The first kappa shape index (κ1) is 23.8. The Morgan fingerprint density at radius 3 is 2.31 bits per heavy atom. The zero-order valence-corrected chi connectivity index (χ0v) is 22.7. The van der Waals surface area contributed by atoms with Crippen LogP contribution in [-0.4, -0.2) is 44.6 Å². The van der Waals surface area contributed by atoms with Crippen LogP contribution < -0.4 is 0 Å². The topological polar surface area (TPSA) is 47.9 Å². The van der Waals surface area contributed by atoms with Gasteiger partial charge in [0.2, 0.25) is 0 Å². The molecule has 184 valence electrons. The van der Waals surface area contributed by atoms with E-state index < -0.39 is 14.1 Å². The van der Waals surface area contributed by atoms with Gasteiger partial charge in [-0.05, 0) is 92.2 Å². The van der Waals surface area contributed by atoms with E-state index in [9.17, 15) is 5.11 Å². The first-order chi connectivity index (χ1) is 14.8. The van der Waals surface area contributed by atoms with Crippen LogP contribution in [0, 0.1) is 34.5 Å². The number of aliphatic hydroxyl groups is 1. The number of rotatable bonds is 2. The first-order valence-corrected chi connectivity index (χ1v) is 16.4. The highest BCUT2D eigenvalue weighted by Crippen LogP contribution is 2.69. The normalized spacial score (nSPS) is 48.4. The molecule has 4 saturated carbocycles. The van der Waals surface area contributed by atoms with Gasteiger partial charge in [0, 0.05) is 17.9 Å². The van der Waals surface area contributed by atoms with E-state index in [4.69, 9.17) is 13.9 Å². The summed E-state index contributed by atoms with van der Waals surface area (Å²) in [6.07, 6.45) is 9.32. The quantitative estimate of drug-likeness (QED) is 0.499. The predicted molar refractivity (Wildman–Crippen MR) is 130 cm³/mol. The van der Waals surface area contributed by atoms with Gasteiger partial charge in [-0.2, -0.15) is 0 Å². The van der Waals surface area contributed by atoms with E-state index in [-0.39, 0.29) is 22.0 Å². The van der Waals surface area contributed by atoms with E-state index in [1.54, 1.807) is 0 Å². The molecule has 8 atom stereocenters. The zero-order valence-electron chi connectivity index (χ0n) is 21.7. The minimum Gasteiger partial charge on any atom is -0.414 e. The molecule has 1 spiro atoms. The van der Waals surface area contributed by atoms with Gasteiger partial charge in [0.05, 0.1) is 19.3 Å². The lowest BCUT2D eigenvalue weighted by molar-refractivity contribution is -0.265. The Labute approximate surface area is 197 Å². The Kier molecular flexibility index (Phi) is 5.59. The fraction of sp³-hybridized carbons (Fsp3) is 1.00. The maximum Gasteiger partial charge on any atom is 0.192 e. The molecule has 1 aliphatic heterocycles. The van der Waals surface area contributed by atoms with Crippen molar-refractivity contribution in [1.82, 2.24) is 0 Å². The average Bonchev–Trinajstić information content (AvgIpc) is 3.27. The molecule has 5 rings (SSSR count). The first-order valence-electron chi connectivity index (χ1n) is 13.5. The van der Waals surface area contributed by atoms with E-state index in [1.807, 2.05) is 0 Å². The minimum atomic E-state index is -1.74. The van der Waals surface area contributed by atoms with Gasteiger partial charge in [-0.1, -0.05) is 34.6 Å². The van der Waals surface area contributed by atoms with Crippen molar-refractivity contribution in [3.63, 3.8) is 0 Å². The summed E-state index contributed by atoms with van der Waals surface area (Å²) < 4.78 is 19.4. The highest BCUT2D eigenvalue weighted by molar-refractivity contribution is 6.74. The average molecular weight is 465 g/mol. The van der Waals surface area contributed by atoms with Crippen molar-refractivity contribution in [2.24, 2.45) is 34.5 Å². The summed E-state index contributed by atoms with van der Waals surface area (Å²) in [5.41, 5.74) is 0.194. The van der Waals surface area contributed by atoms with E-state index in [0.717, 1.165) is 19.3 Å². The van der Waals surface area contributed by atoms with Gasteiger partial charge >= 0.3 is 0 Å².